The van der Waals surface area contributed by atoms with E-state index in [2.05, 4.69) is 0 Å². The molecular weight excluding hydrogens is 243 g/mol. The highest BCUT2D eigenvalue weighted by atomic mass is 19.1. The lowest BCUT2D eigenvalue weighted by molar-refractivity contribution is 0.259. The average molecular weight is 260 g/mol. The first-order valence-corrected chi connectivity index (χ1v) is 6.39. The first kappa shape index (κ1) is 13.4. The van der Waals surface area contributed by atoms with Gasteiger partial charge >= 0.3 is 0 Å². The zero-order chi connectivity index (χ0) is 13.5. The number of benzene rings is 2. The average Bonchev–Trinajstić information content (AvgIpc) is 2.45. The summed E-state index contributed by atoms with van der Waals surface area (Å²) in [6.07, 6.45) is 0.932. The van der Waals surface area contributed by atoms with Gasteiger partial charge in [0.2, 0.25) is 0 Å². The molecule has 100 valence electrons. The first-order valence-electron chi connectivity index (χ1n) is 6.39. The van der Waals surface area contributed by atoms with Gasteiger partial charge in [-0.15, -0.1) is 0 Å². The Hall–Kier alpha value is -2.03. The molecule has 0 saturated heterocycles. The van der Waals surface area contributed by atoms with Gasteiger partial charge < -0.3 is 9.47 Å². The van der Waals surface area contributed by atoms with Crippen LogP contribution in [0.2, 0.25) is 0 Å². The van der Waals surface area contributed by atoms with Crippen LogP contribution in [-0.2, 0) is 6.61 Å². The lowest BCUT2D eigenvalue weighted by Gasteiger charge is -2.12. The quantitative estimate of drug-likeness (QED) is 0.775. The Morgan fingerprint density at radius 3 is 2.21 bits per heavy atom. The van der Waals surface area contributed by atoms with Crippen molar-refractivity contribution in [3.8, 4) is 11.5 Å². The predicted octanol–water partition coefficient (Wildman–Crippen LogP) is 4.19. The Balaban J connectivity index is 2.05. The van der Waals surface area contributed by atoms with E-state index in [-0.39, 0.29) is 12.4 Å². The Kier molecular flexibility index (Phi) is 4.78. The molecule has 0 unspecified atom stereocenters. The fourth-order valence-electron chi connectivity index (χ4n) is 1.67. The molecule has 0 aliphatic rings. The normalized spacial score (nSPS) is 10.2. The minimum absolute atomic E-state index is 0.194. The van der Waals surface area contributed by atoms with Gasteiger partial charge in [-0.2, -0.15) is 0 Å². The van der Waals surface area contributed by atoms with Crippen LogP contribution in [0, 0.1) is 5.82 Å². The van der Waals surface area contributed by atoms with E-state index < -0.39 is 0 Å². The SMILES string of the molecule is CCCOc1ccccc1OCc1ccccc1F. The topological polar surface area (TPSA) is 18.5 Å². The predicted molar refractivity (Wildman–Crippen MR) is 73.0 cm³/mol. The maximum absolute atomic E-state index is 13.5. The van der Waals surface area contributed by atoms with Crippen LogP contribution in [0.15, 0.2) is 48.5 Å². The van der Waals surface area contributed by atoms with Crippen molar-refractivity contribution < 1.29 is 13.9 Å². The van der Waals surface area contributed by atoms with Crippen LogP contribution in [0.5, 0.6) is 11.5 Å². The van der Waals surface area contributed by atoms with Crippen LogP contribution in [0.4, 0.5) is 4.39 Å². The van der Waals surface area contributed by atoms with E-state index in [0.717, 1.165) is 6.42 Å². The second kappa shape index (κ2) is 6.78. The van der Waals surface area contributed by atoms with Crippen LogP contribution in [0.3, 0.4) is 0 Å². The van der Waals surface area contributed by atoms with Gasteiger partial charge in [-0.3, -0.25) is 0 Å². The van der Waals surface area contributed by atoms with Crippen LogP contribution < -0.4 is 9.47 Å². The van der Waals surface area contributed by atoms with E-state index in [0.29, 0.717) is 23.7 Å². The number of rotatable bonds is 6. The van der Waals surface area contributed by atoms with Gasteiger partial charge in [-0.05, 0) is 24.6 Å². The Bertz CT molecular complexity index is 526. The van der Waals surface area contributed by atoms with Crippen molar-refractivity contribution >= 4 is 0 Å². The fraction of sp³-hybridized carbons (Fsp3) is 0.250. The van der Waals surface area contributed by atoms with E-state index in [4.69, 9.17) is 9.47 Å². The van der Waals surface area contributed by atoms with Crippen LogP contribution in [0.1, 0.15) is 18.9 Å². The molecule has 0 N–H and O–H groups in total. The van der Waals surface area contributed by atoms with Crippen molar-refractivity contribution in [3.63, 3.8) is 0 Å². The van der Waals surface area contributed by atoms with E-state index >= 15 is 0 Å². The van der Waals surface area contributed by atoms with Crippen LogP contribution >= 0.6 is 0 Å². The zero-order valence-electron chi connectivity index (χ0n) is 10.9. The van der Waals surface area contributed by atoms with Gasteiger partial charge in [0, 0.05) is 5.56 Å². The molecule has 0 atom stereocenters. The Morgan fingerprint density at radius 2 is 1.53 bits per heavy atom. The van der Waals surface area contributed by atoms with Crippen molar-refractivity contribution in [2.75, 3.05) is 6.61 Å². The lowest BCUT2D eigenvalue weighted by atomic mass is 10.2. The Morgan fingerprint density at radius 1 is 0.895 bits per heavy atom. The standard InChI is InChI=1S/C16H17FO2/c1-2-11-18-15-9-5-6-10-16(15)19-12-13-7-3-4-8-14(13)17/h3-10H,2,11-12H2,1H3. The molecule has 0 aliphatic carbocycles. The maximum Gasteiger partial charge on any atom is 0.161 e. The summed E-state index contributed by atoms with van der Waals surface area (Å²) in [6.45, 7) is 2.88. The molecule has 2 nitrogen and oxygen atoms in total. The van der Waals surface area contributed by atoms with Crippen LogP contribution in [0.25, 0.3) is 0 Å². The summed E-state index contributed by atoms with van der Waals surface area (Å²) in [5, 5.41) is 0. The molecule has 0 amide bonds. The minimum atomic E-state index is -0.255. The van der Waals surface area contributed by atoms with Crippen molar-refractivity contribution in [2.24, 2.45) is 0 Å². The van der Waals surface area contributed by atoms with Gasteiger partial charge in [0.1, 0.15) is 12.4 Å². The maximum atomic E-state index is 13.5. The van der Waals surface area contributed by atoms with Gasteiger partial charge in [0.15, 0.2) is 11.5 Å². The largest absolute Gasteiger partial charge is 0.490 e. The van der Waals surface area contributed by atoms with Gasteiger partial charge in [-0.25, -0.2) is 4.39 Å². The third-order valence-electron chi connectivity index (χ3n) is 2.65. The molecule has 0 aliphatic heterocycles. The minimum Gasteiger partial charge on any atom is -0.490 e. The number of hydrogen-bond acceptors (Lipinski definition) is 2. The molecule has 0 aromatic heterocycles. The number of para-hydroxylation sites is 2. The molecular formula is C16H17FO2. The highest BCUT2D eigenvalue weighted by Gasteiger charge is 2.06. The zero-order valence-corrected chi connectivity index (χ0v) is 10.9. The smallest absolute Gasteiger partial charge is 0.161 e. The van der Waals surface area contributed by atoms with Crippen molar-refractivity contribution in [3.05, 3.63) is 59.9 Å². The van der Waals surface area contributed by atoms with Crippen LogP contribution in [-0.4, -0.2) is 6.61 Å². The summed E-state index contributed by atoms with van der Waals surface area (Å²) in [7, 11) is 0. The molecule has 2 aromatic carbocycles. The second-order valence-electron chi connectivity index (χ2n) is 4.18. The summed E-state index contributed by atoms with van der Waals surface area (Å²) in [6, 6.07) is 14.0. The molecule has 2 rings (SSSR count). The van der Waals surface area contributed by atoms with E-state index in [1.807, 2.05) is 31.2 Å². The number of halogens is 1. The molecule has 2 aromatic rings. The summed E-state index contributed by atoms with van der Waals surface area (Å²) in [5.74, 6) is 1.08. The third kappa shape index (κ3) is 3.71. The molecule has 0 saturated carbocycles. The van der Waals surface area contributed by atoms with Crippen molar-refractivity contribution in [1.29, 1.82) is 0 Å². The second-order valence-corrected chi connectivity index (χ2v) is 4.18. The summed E-state index contributed by atoms with van der Waals surface area (Å²) >= 11 is 0. The van der Waals surface area contributed by atoms with E-state index in [1.165, 1.54) is 6.07 Å². The molecule has 3 heteroatoms. The van der Waals surface area contributed by atoms with E-state index in [1.54, 1.807) is 18.2 Å². The third-order valence-corrected chi connectivity index (χ3v) is 2.65. The molecule has 0 heterocycles. The molecule has 0 radical (unpaired) electrons. The monoisotopic (exact) mass is 260 g/mol. The molecule has 0 spiro atoms. The first-order chi connectivity index (χ1) is 9.31. The summed E-state index contributed by atoms with van der Waals surface area (Å²) < 4.78 is 24.7. The van der Waals surface area contributed by atoms with Gasteiger partial charge in [0.05, 0.1) is 6.61 Å². The lowest BCUT2D eigenvalue weighted by Crippen LogP contribution is -2.01. The fourth-order valence-corrected chi connectivity index (χ4v) is 1.67. The Labute approximate surface area is 112 Å². The molecule has 19 heavy (non-hydrogen) atoms. The molecule has 0 fully saturated rings. The highest BCUT2D eigenvalue weighted by molar-refractivity contribution is 5.39. The summed E-state index contributed by atoms with van der Waals surface area (Å²) in [5.41, 5.74) is 0.535. The van der Waals surface area contributed by atoms with Crippen molar-refractivity contribution in [2.45, 2.75) is 20.0 Å². The molecule has 0 bridgehead atoms. The highest BCUT2D eigenvalue weighted by Crippen LogP contribution is 2.27. The number of hydrogen-bond donors (Lipinski definition) is 0. The number of ether oxygens (including phenoxy) is 2. The van der Waals surface area contributed by atoms with Gasteiger partial charge in [0.25, 0.3) is 0 Å². The van der Waals surface area contributed by atoms with E-state index in [9.17, 15) is 4.39 Å². The van der Waals surface area contributed by atoms with Crippen molar-refractivity contribution in [1.82, 2.24) is 0 Å². The van der Waals surface area contributed by atoms with Gasteiger partial charge in [-0.1, -0.05) is 37.3 Å². The summed E-state index contributed by atoms with van der Waals surface area (Å²) in [4.78, 5) is 0.